The minimum Gasteiger partial charge on any atom is -0.0882 e. The highest BCUT2D eigenvalue weighted by molar-refractivity contribution is 5.17. The highest BCUT2D eigenvalue weighted by Gasteiger charge is 2.15. The van der Waals surface area contributed by atoms with Crippen LogP contribution in [0.15, 0.2) is 48.6 Å². The van der Waals surface area contributed by atoms with Crippen molar-refractivity contribution in [3.05, 3.63) is 48.6 Å². The summed E-state index contributed by atoms with van der Waals surface area (Å²) in [6.07, 6.45) is 26.1. The van der Waals surface area contributed by atoms with Gasteiger partial charge in [0.05, 0.1) is 0 Å². The lowest BCUT2D eigenvalue weighted by molar-refractivity contribution is 0.530. The highest BCUT2D eigenvalue weighted by atomic mass is 14.2. The van der Waals surface area contributed by atoms with E-state index in [4.69, 9.17) is 0 Å². The van der Waals surface area contributed by atoms with Gasteiger partial charge in [-0.1, -0.05) is 48.6 Å². The van der Waals surface area contributed by atoms with Crippen molar-refractivity contribution in [2.45, 2.75) is 38.5 Å². The molecule has 0 amide bonds. The number of allylic oxidation sites excluding steroid dienone is 8. The summed E-state index contributed by atoms with van der Waals surface area (Å²) in [4.78, 5) is 0. The van der Waals surface area contributed by atoms with Crippen LogP contribution in [0.2, 0.25) is 0 Å². The molecule has 4 rings (SSSR count). The highest BCUT2D eigenvalue weighted by Crippen LogP contribution is 2.29. The molecule has 0 fully saturated rings. The Labute approximate surface area is 99.4 Å². The summed E-state index contributed by atoms with van der Waals surface area (Å²) in [6, 6.07) is 0. The summed E-state index contributed by atoms with van der Waals surface area (Å²) in [6.45, 7) is 0. The second kappa shape index (κ2) is 6.52. The van der Waals surface area contributed by atoms with Gasteiger partial charge in [0.25, 0.3) is 0 Å². The van der Waals surface area contributed by atoms with Crippen LogP contribution < -0.4 is 0 Å². The van der Waals surface area contributed by atoms with Gasteiger partial charge in [0, 0.05) is 0 Å². The van der Waals surface area contributed by atoms with Crippen molar-refractivity contribution in [3.63, 3.8) is 0 Å². The van der Waals surface area contributed by atoms with Crippen molar-refractivity contribution in [1.82, 2.24) is 0 Å². The summed E-state index contributed by atoms with van der Waals surface area (Å²) >= 11 is 0. The monoisotopic (exact) mass is 214 g/mol. The van der Waals surface area contributed by atoms with Crippen molar-refractivity contribution in [1.29, 1.82) is 0 Å². The zero-order valence-electron chi connectivity index (χ0n) is 10.0. The smallest absolute Gasteiger partial charge is 0.00527 e. The van der Waals surface area contributed by atoms with Gasteiger partial charge in [0.15, 0.2) is 0 Å². The molecule has 4 aliphatic rings. The molecule has 0 radical (unpaired) electrons. The molecule has 0 aromatic rings. The molecule has 0 atom stereocenters. The Kier molecular flexibility index (Phi) is 4.67. The molecule has 16 heavy (non-hydrogen) atoms. The molecule has 0 N–H and O–H groups in total. The van der Waals surface area contributed by atoms with Crippen LogP contribution >= 0.6 is 0 Å². The normalized spacial score (nSPS) is 32.5. The van der Waals surface area contributed by atoms with Gasteiger partial charge in [0.1, 0.15) is 0 Å². The third kappa shape index (κ3) is 3.84. The predicted molar refractivity (Wildman–Crippen MR) is 71.2 cm³/mol. The van der Waals surface area contributed by atoms with Gasteiger partial charge in [0.2, 0.25) is 0 Å². The molecular weight excluding hydrogens is 192 g/mol. The maximum Gasteiger partial charge on any atom is -0.00527 e. The van der Waals surface area contributed by atoms with Crippen molar-refractivity contribution >= 4 is 0 Å². The summed E-state index contributed by atoms with van der Waals surface area (Å²) < 4.78 is 0. The summed E-state index contributed by atoms with van der Waals surface area (Å²) in [7, 11) is 0. The summed E-state index contributed by atoms with van der Waals surface area (Å²) in [5.74, 6) is 1.58. The minimum absolute atomic E-state index is 0.792. The van der Waals surface area contributed by atoms with Crippen molar-refractivity contribution in [2.24, 2.45) is 11.8 Å². The zero-order chi connectivity index (χ0) is 11.1. The third-order valence-electron chi connectivity index (χ3n) is 3.38. The molecule has 4 aliphatic carbocycles. The van der Waals surface area contributed by atoms with E-state index in [0.717, 1.165) is 11.8 Å². The first-order chi connectivity index (χ1) is 7.95. The first-order valence-corrected chi connectivity index (χ1v) is 6.62. The van der Waals surface area contributed by atoms with Gasteiger partial charge >= 0.3 is 0 Å². The van der Waals surface area contributed by atoms with Crippen molar-refractivity contribution in [3.8, 4) is 0 Å². The number of hydrogen-bond acceptors (Lipinski definition) is 0. The van der Waals surface area contributed by atoms with Gasteiger partial charge in [-0.25, -0.2) is 0 Å². The van der Waals surface area contributed by atoms with E-state index in [1.165, 1.54) is 38.5 Å². The molecule has 0 aliphatic heterocycles. The fourth-order valence-corrected chi connectivity index (χ4v) is 2.33. The molecule has 2 bridgehead atoms. The van der Waals surface area contributed by atoms with Crippen LogP contribution in [-0.4, -0.2) is 0 Å². The number of hydrogen-bond donors (Lipinski definition) is 0. The third-order valence-corrected chi connectivity index (χ3v) is 3.38. The maximum atomic E-state index is 2.33. The quantitative estimate of drug-likeness (QED) is 0.507. The van der Waals surface area contributed by atoms with Crippen molar-refractivity contribution < 1.29 is 0 Å². The molecule has 0 heterocycles. The van der Waals surface area contributed by atoms with Crippen LogP contribution in [0, 0.1) is 11.8 Å². The van der Waals surface area contributed by atoms with Gasteiger partial charge in [-0.05, 0) is 50.4 Å². The maximum absolute atomic E-state index is 2.33. The van der Waals surface area contributed by atoms with Gasteiger partial charge < -0.3 is 0 Å². The van der Waals surface area contributed by atoms with E-state index < -0.39 is 0 Å². The van der Waals surface area contributed by atoms with Crippen LogP contribution in [0.25, 0.3) is 0 Å². The molecule has 0 nitrogen and oxygen atoms in total. The first kappa shape index (κ1) is 11.4. The Morgan fingerprint density at radius 1 is 0.500 bits per heavy atom. The van der Waals surface area contributed by atoms with Crippen LogP contribution in [0.4, 0.5) is 0 Å². The van der Waals surface area contributed by atoms with E-state index in [-0.39, 0.29) is 0 Å². The Morgan fingerprint density at radius 3 is 1.00 bits per heavy atom. The molecule has 0 heteroatoms. The Hall–Kier alpha value is -1.04. The Bertz CT molecular complexity index is 248. The lowest BCUT2D eigenvalue weighted by Gasteiger charge is -2.23. The average molecular weight is 214 g/mol. The molecule has 0 saturated heterocycles. The van der Waals surface area contributed by atoms with Crippen LogP contribution in [0.3, 0.4) is 0 Å². The van der Waals surface area contributed by atoms with Crippen LogP contribution in [-0.2, 0) is 0 Å². The van der Waals surface area contributed by atoms with E-state index in [1.807, 2.05) is 0 Å². The van der Waals surface area contributed by atoms with E-state index >= 15 is 0 Å². The molecule has 0 spiro atoms. The topological polar surface area (TPSA) is 0 Å². The fraction of sp³-hybridized carbons (Fsp3) is 0.500. The predicted octanol–water partition coefficient (Wildman–Crippen LogP) is 4.81. The number of fused-ring (bicyclic) bond motifs is 1. The largest absolute Gasteiger partial charge is 0.0882 e. The van der Waals surface area contributed by atoms with Crippen LogP contribution in [0.5, 0.6) is 0 Å². The van der Waals surface area contributed by atoms with E-state index in [0.29, 0.717) is 0 Å². The minimum atomic E-state index is 0.792. The standard InChI is InChI=1S/C8H10.C8H12/c1-2-8-5-3-7(1)4-6-8;1-2-4-6-8-7-5-3-1/h1-3,5,7-8H,4,6H2;1-2,7-8H,3-6H2/b;2-1-,8-7?. The number of rotatable bonds is 0. The first-order valence-electron chi connectivity index (χ1n) is 6.62. The molecule has 0 unspecified atom stereocenters. The SMILES string of the molecule is C1=CC2C=CC1CC2.C1=CCC/C=C\CC1. The zero-order valence-corrected chi connectivity index (χ0v) is 10.0. The van der Waals surface area contributed by atoms with Crippen LogP contribution in [0.1, 0.15) is 38.5 Å². The van der Waals surface area contributed by atoms with E-state index in [1.54, 1.807) is 0 Å². The molecular formula is C16H22. The second-order valence-corrected chi connectivity index (χ2v) is 4.77. The molecule has 0 saturated carbocycles. The lowest BCUT2D eigenvalue weighted by Crippen LogP contribution is -2.10. The Morgan fingerprint density at radius 2 is 0.812 bits per heavy atom. The second-order valence-electron chi connectivity index (χ2n) is 4.77. The van der Waals surface area contributed by atoms with Gasteiger partial charge in [-0.2, -0.15) is 0 Å². The molecule has 0 aromatic carbocycles. The van der Waals surface area contributed by atoms with Gasteiger partial charge in [-0.3, -0.25) is 0 Å². The lowest BCUT2D eigenvalue weighted by atomic mass is 9.82. The van der Waals surface area contributed by atoms with Crippen molar-refractivity contribution in [2.75, 3.05) is 0 Å². The summed E-state index contributed by atoms with van der Waals surface area (Å²) in [5, 5.41) is 0. The van der Waals surface area contributed by atoms with E-state index in [2.05, 4.69) is 48.6 Å². The fourth-order valence-electron chi connectivity index (χ4n) is 2.33. The average Bonchev–Trinajstić information content (AvgIpc) is 2.31. The van der Waals surface area contributed by atoms with Gasteiger partial charge in [-0.15, -0.1) is 0 Å². The van der Waals surface area contributed by atoms with E-state index in [9.17, 15) is 0 Å². The molecule has 86 valence electrons. The Balaban J connectivity index is 0.000000120. The summed E-state index contributed by atoms with van der Waals surface area (Å²) in [5.41, 5.74) is 0. The molecule has 0 aromatic heterocycles.